The number of carbonyl (C=O) groups excluding carboxylic acids is 3. The highest BCUT2D eigenvalue weighted by molar-refractivity contribution is 6.23. The highest BCUT2D eigenvalue weighted by Crippen LogP contribution is 2.53. The number of imide groups is 1. The SMILES string of the molecule is O=C([O-])c1cc(N2C(=O)[C@@H]3[C@@H](C2=O)[C@H]2C=C[C@@H]3C2)ccc1NCc1cccnc1. The molecule has 7 nitrogen and oxygen atoms in total. The fraction of sp³-hybridized carbons (Fsp3) is 0.273. The predicted octanol–water partition coefficient (Wildman–Crippen LogP) is 1.37. The molecule has 2 amide bonds. The highest BCUT2D eigenvalue weighted by atomic mass is 16.4. The molecule has 1 saturated carbocycles. The number of carboxylic acid groups (broad SMARTS) is 1. The molecule has 1 N–H and O–H groups in total. The van der Waals surface area contributed by atoms with E-state index in [2.05, 4.69) is 10.3 Å². The summed E-state index contributed by atoms with van der Waals surface area (Å²) in [5.74, 6) is -2.30. The second kappa shape index (κ2) is 6.55. The minimum absolute atomic E-state index is 0.0925. The molecule has 1 aromatic heterocycles. The summed E-state index contributed by atoms with van der Waals surface area (Å²) >= 11 is 0. The van der Waals surface area contributed by atoms with Gasteiger partial charge in [0.15, 0.2) is 0 Å². The average Bonchev–Trinajstić information content (AvgIpc) is 3.41. The lowest BCUT2D eigenvalue weighted by Gasteiger charge is -2.20. The van der Waals surface area contributed by atoms with Gasteiger partial charge in [-0.25, -0.2) is 4.90 Å². The number of carboxylic acids is 1. The van der Waals surface area contributed by atoms with Crippen LogP contribution in [-0.4, -0.2) is 22.8 Å². The van der Waals surface area contributed by atoms with Crippen molar-refractivity contribution in [1.29, 1.82) is 0 Å². The Bertz CT molecular complexity index is 1020. The smallest absolute Gasteiger partial charge is 0.238 e. The summed E-state index contributed by atoms with van der Waals surface area (Å²) in [5.41, 5.74) is 1.44. The largest absolute Gasteiger partial charge is 0.545 e. The molecule has 1 aliphatic heterocycles. The van der Waals surface area contributed by atoms with E-state index < -0.39 is 5.97 Å². The quantitative estimate of drug-likeness (QED) is 0.613. The lowest BCUT2D eigenvalue weighted by Crippen LogP contribution is -2.33. The van der Waals surface area contributed by atoms with E-state index in [-0.39, 0.29) is 46.7 Å². The molecule has 4 atom stereocenters. The highest BCUT2D eigenvalue weighted by Gasteiger charge is 2.59. The summed E-state index contributed by atoms with van der Waals surface area (Å²) in [6, 6.07) is 8.18. The number of hydrogen-bond acceptors (Lipinski definition) is 6. The van der Waals surface area contributed by atoms with Gasteiger partial charge in [0.2, 0.25) is 11.8 Å². The molecule has 0 radical (unpaired) electrons. The van der Waals surface area contributed by atoms with E-state index in [0.717, 1.165) is 16.9 Å². The number of anilines is 2. The molecule has 29 heavy (non-hydrogen) atoms. The first-order chi connectivity index (χ1) is 14.0. The van der Waals surface area contributed by atoms with Crippen LogP contribution in [0.25, 0.3) is 0 Å². The Hall–Kier alpha value is -3.48. The fourth-order valence-electron chi connectivity index (χ4n) is 4.85. The van der Waals surface area contributed by atoms with Crippen LogP contribution in [0.1, 0.15) is 22.3 Å². The van der Waals surface area contributed by atoms with Crippen LogP contribution in [-0.2, 0) is 16.1 Å². The zero-order chi connectivity index (χ0) is 20.1. The van der Waals surface area contributed by atoms with Gasteiger partial charge in [0, 0.05) is 30.2 Å². The summed E-state index contributed by atoms with van der Waals surface area (Å²) in [7, 11) is 0. The summed E-state index contributed by atoms with van der Waals surface area (Å²) in [6.07, 6.45) is 8.24. The molecule has 1 aromatic carbocycles. The van der Waals surface area contributed by atoms with Crippen molar-refractivity contribution in [3.63, 3.8) is 0 Å². The number of hydrogen-bond donors (Lipinski definition) is 1. The third-order valence-corrected chi connectivity index (χ3v) is 6.16. The zero-order valence-corrected chi connectivity index (χ0v) is 15.4. The number of pyridine rings is 1. The summed E-state index contributed by atoms with van der Waals surface area (Å²) in [5, 5.41) is 14.8. The van der Waals surface area contributed by atoms with Crippen LogP contribution in [0.5, 0.6) is 0 Å². The van der Waals surface area contributed by atoms with Crippen molar-refractivity contribution in [2.75, 3.05) is 10.2 Å². The number of benzene rings is 1. The molecule has 146 valence electrons. The molecule has 1 saturated heterocycles. The first-order valence-corrected chi connectivity index (χ1v) is 9.59. The van der Waals surface area contributed by atoms with Crippen molar-refractivity contribution in [3.05, 3.63) is 66.0 Å². The minimum Gasteiger partial charge on any atom is -0.545 e. The second-order valence-corrected chi connectivity index (χ2v) is 7.74. The standard InChI is InChI=1S/C22H19N3O4/c26-20-18-13-3-4-14(8-13)19(18)21(27)25(20)15-5-6-17(16(9-15)22(28)29)24-11-12-2-1-7-23-10-12/h1-7,9-10,13-14,18-19,24H,8,11H2,(H,28,29)/p-1/t13-,14+,18-,19-/m0/s1. The van der Waals surface area contributed by atoms with Crippen LogP contribution >= 0.6 is 0 Å². The average molecular weight is 388 g/mol. The second-order valence-electron chi connectivity index (χ2n) is 7.74. The molecule has 0 spiro atoms. The maximum absolute atomic E-state index is 13.0. The van der Waals surface area contributed by atoms with Gasteiger partial charge in [0.05, 0.1) is 23.5 Å². The Labute approximate surface area is 167 Å². The minimum atomic E-state index is -1.37. The van der Waals surface area contributed by atoms with Gasteiger partial charge in [-0.2, -0.15) is 0 Å². The predicted molar refractivity (Wildman–Crippen MR) is 103 cm³/mol. The molecular weight excluding hydrogens is 370 g/mol. The Balaban J connectivity index is 1.43. The van der Waals surface area contributed by atoms with Gasteiger partial charge in [-0.1, -0.05) is 18.2 Å². The molecule has 2 aliphatic carbocycles. The molecule has 3 aliphatic rings. The monoisotopic (exact) mass is 388 g/mol. The van der Waals surface area contributed by atoms with Crippen LogP contribution in [0.2, 0.25) is 0 Å². The fourth-order valence-corrected chi connectivity index (χ4v) is 4.85. The van der Waals surface area contributed by atoms with Crippen molar-refractivity contribution < 1.29 is 19.5 Å². The van der Waals surface area contributed by atoms with Crippen molar-refractivity contribution in [1.82, 2.24) is 4.98 Å². The number of nitrogens with one attached hydrogen (secondary N) is 1. The number of carbonyl (C=O) groups is 3. The molecule has 2 fully saturated rings. The van der Waals surface area contributed by atoms with E-state index in [0.29, 0.717) is 12.2 Å². The van der Waals surface area contributed by atoms with E-state index in [1.165, 1.54) is 6.07 Å². The maximum Gasteiger partial charge on any atom is 0.238 e. The van der Waals surface area contributed by atoms with Crippen LogP contribution in [0, 0.1) is 23.7 Å². The number of amides is 2. The Morgan fingerprint density at radius 3 is 2.48 bits per heavy atom. The van der Waals surface area contributed by atoms with Gasteiger partial charge in [0.25, 0.3) is 0 Å². The van der Waals surface area contributed by atoms with Crippen molar-refractivity contribution in [2.45, 2.75) is 13.0 Å². The molecule has 0 unspecified atom stereocenters. The summed E-state index contributed by atoms with van der Waals surface area (Å²) in [6.45, 7) is 0.383. The van der Waals surface area contributed by atoms with Crippen LogP contribution in [0.4, 0.5) is 11.4 Å². The Morgan fingerprint density at radius 1 is 1.14 bits per heavy atom. The number of aromatic carboxylic acids is 1. The first kappa shape index (κ1) is 17.6. The van der Waals surface area contributed by atoms with Gasteiger partial charge in [-0.05, 0) is 48.1 Å². The lowest BCUT2D eigenvalue weighted by molar-refractivity contribution is -0.254. The van der Waals surface area contributed by atoms with E-state index in [9.17, 15) is 19.5 Å². The number of fused-ring (bicyclic) bond motifs is 5. The molecule has 2 aromatic rings. The Kier molecular flexibility index (Phi) is 3.97. The Morgan fingerprint density at radius 2 is 1.86 bits per heavy atom. The molecule has 5 rings (SSSR count). The lowest BCUT2D eigenvalue weighted by atomic mass is 9.85. The normalized spacial score (nSPS) is 26.8. The van der Waals surface area contributed by atoms with Gasteiger partial charge < -0.3 is 15.2 Å². The van der Waals surface area contributed by atoms with Gasteiger partial charge >= 0.3 is 0 Å². The number of allylic oxidation sites excluding steroid dienone is 2. The van der Waals surface area contributed by atoms with E-state index in [4.69, 9.17) is 0 Å². The number of nitrogens with zero attached hydrogens (tertiary/aromatic N) is 2. The van der Waals surface area contributed by atoms with E-state index >= 15 is 0 Å². The molecular formula is C22H18N3O4-. The van der Waals surface area contributed by atoms with E-state index in [1.54, 1.807) is 30.6 Å². The molecule has 2 heterocycles. The third kappa shape index (κ3) is 2.73. The maximum atomic E-state index is 13.0. The van der Waals surface area contributed by atoms with Gasteiger partial charge in [0.1, 0.15) is 0 Å². The molecule has 7 heteroatoms. The topological polar surface area (TPSA) is 102 Å². The van der Waals surface area contributed by atoms with Crippen LogP contribution < -0.4 is 15.3 Å². The van der Waals surface area contributed by atoms with Crippen molar-refractivity contribution in [3.8, 4) is 0 Å². The summed E-state index contributed by atoms with van der Waals surface area (Å²) in [4.78, 5) is 42.8. The van der Waals surface area contributed by atoms with Crippen LogP contribution in [0.15, 0.2) is 54.9 Å². The van der Waals surface area contributed by atoms with E-state index in [1.807, 2.05) is 18.2 Å². The third-order valence-electron chi connectivity index (χ3n) is 6.16. The van der Waals surface area contributed by atoms with Crippen LogP contribution in [0.3, 0.4) is 0 Å². The summed E-state index contributed by atoms with van der Waals surface area (Å²) < 4.78 is 0. The zero-order valence-electron chi connectivity index (χ0n) is 15.4. The first-order valence-electron chi connectivity index (χ1n) is 9.59. The van der Waals surface area contributed by atoms with Gasteiger partial charge in [-0.3, -0.25) is 14.6 Å². The molecule has 2 bridgehead atoms. The van der Waals surface area contributed by atoms with Gasteiger partial charge in [-0.15, -0.1) is 0 Å². The van der Waals surface area contributed by atoms with Crippen molar-refractivity contribution >= 4 is 29.2 Å². The van der Waals surface area contributed by atoms with Crippen molar-refractivity contribution in [2.24, 2.45) is 23.7 Å². The number of rotatable bonds is 5. The number of aromatic nitrogens is 1.